The number of fused-ring (bicyclic) bond motifs is 2. The van der Waals surface area contributed by atoms with Gasteiger partial charge in [-0.3, -0.25) is 0 Å². The monoisotopic (exact) mass is 266 g/mol. The van der Waals surface area contributed by atoms with Crippen molar-refractivity contribution < 1.29 is 23.8 Å². The highest BCUT2D eigenvalue weighted by molar-refractivity contribution is 6.04. The largest absolute Gasteiger partial charge is 0.460 e. The van der Waals surface area contributed by atoms with Crippen molar-refractivity contribution in [3.05, 3.63) is 23.3 Å². The van der Waals surface area contributed by atoms with E-state index in [0.29, 0.717) is 0 Å². The number of rotatable bonds is 4. The van der Waals surface area contributed by atoms with Crippen molar-refractivity contribution in [2.24, 2.45) is 0 Å². The predicted molar refractivity (Wildman–Crippen MR) is 67.3 cm³/mol. The fourth-order valence-electron chi connectivity index (χ4n) is 2.09. The van der Waals surface area contributed by atoms with Gasteiger partial charge in [0.25, 0.3) is 0 Å². The highest BCUT2D eigenvalue weighted by Crippen LogP contribution is 2.36. The van der Waals surface area contributed by atoms with Crippen LogP contribution in [-0.2, 0) is 23.8 Å². The Morgan fingerprint density at radius 2 is 1.32 bits per heavy atom. The third-order valence-electron chi connectivity index (χ3n) is 2.74. The molecule has 0 N–H and O–H groups in total. The zero-order valence-corrected chi connectivity index (χ0v) is 11.5. The van der Waals surface area contributed by atoms with E-state index in [1.54, 1.807) is 39.8 Å². The van der Waals surface area contributed by atoms with Crippen LogP contribution in [0.3, 0.4) is 0 Å². The highest BCUT2D eigenvalue weighted by Gasteiger charge is 2.44. The minimum Gasteiger partial charge on any atom is -0.460 e. The lowest BCUT2D eigenvalue weighted by Gasteiger charge is -2.15. The van der Waals surface area contributed by atoms with Gasteiger partial charge in [-0.15, -0.1) is 0 Å². The van der Waals surface area contributed by atoms with Gasteiger partial charge in [0.15, 0.2) is 0 Å². The minimum atomic E-state index is -0.512. The molecule has 2 aliphatic rings. The molecule has 0 spiro atoms. The Bertz CT molecular complexity index is 418. The second-order valence-corrected chi connectivity index (χ2v) is 5.10. The Morgan fingerprint density at radius 1 is 0.947 bits per heavy atom. The molecule has 0 radical (unpaired) electrons. The van der Waals surface area contributed by atoms with Crippen LogP contribution in [0.1, 0.15) is 27.7 Å². The number of esters is 2. The van der Waals surface area contributed by atoms with Crippen LogP contribution < -0.4 is 0 Å². The Labute approximate surface area is 112 Å². The molecule has 2 heterocycles. The Balaban J connectivity index is 2.26. The third kappa shape index (κ3) is 2.71. The fraction of sp³-hybridized carbons (Fsp3) is 0.571. The molecule has 5 nitrogen and oxygen atoms in total. The summed E-state index contributed by atoms with van der Waals surface area (Å²) in [7, 11) is 0. The number of carbonyl (C=O) groups is 2. The lowest BCUT2D eigenvalue weighted by atomic mass is 9.97. The minimum absolute atomic E-state index is 0.245. The number of carbonyl (C=O) groups excluding carboxylic acids is 2. The second-order valence-electron chi connectivity index (χ2n) is 5.10. The Morgan fingerprint density at radius 3 is 1.63 bits per heavy atom. The molecule has 0 aromatic carbocycles. The van der Waals surface area contributed by atoms with Crippen molar-refractivity contribution in [2.75, 3.05) is 0 Å². The molecule has 2 aliphatic heterocycles. The first-order valence-corrected chi connectivity index (χ1v) is 6.40. The molecule has 0 aromatic rings. The van der Waals surface area contributed by atoms with Gasteiger partial charge in [0.2, 0.25) is 0 Å². The van der Waals surface area contributed by atoms with Crippen LogP contribution in [0.4, 0.5) is 0 Å². The summed E-state index contributed by atoms with van der Waals surface area (Å²) in [5, 5.41) is 0. The van der Waals surface area contributed by atoms with Crippen LogP contribution in [0.25, 0.3) is 0 Å². The molecule has 2 unspecified atom stereocenters. The first-order chi connectivity index (χ1) is 8.90. The van der Waals surface area contributed by atoms with E-state index in [9.17, 15) is 9.59 Å². The predicted octanol–water partition coefficient (Wildman–Crippen LogP) is 1.52. The molecule has 19 heavy (non-hydrogen) atoms. The first kappa shape index (κ1) is 13.8. The van der Waals surface area contributed by atoms with Crippen molar-refractivity contribution in [1.82, 2.24) is 0 Å². The molecule has 0 amide bonds. The summed E-state index contributed by atoms with van der Waals surface area (Å²) in [6.07, 6.45) is 2.04. The van der Waals surface area contributed by atoms with Crippen molar-refractivity contribution in [3.63, 3.8) is 0 Å². The maximum atomic E-state index is 12.0. The van der Waals surface area contributed by atoms with Crippen LogP contribution in [0, 0.1) is 0 Å². The van der Waals surface area contributed by atoms with Gasteiger partial charge >= 0.3 is 11.9 Å². The molecule has 0 aromatic heterocycles. The summed E-state index contributed by atoms with van der Waals surface area (Å²) in [6, 6.07) is 0. The van der Waals surface area contributed by atoms with Crippen molar-refractivity contribution >= 4 is 11.9 Å². The van der Waals surface area contributed by atoms with Crippen LogP contribution in [0.5, 0.6) is 0 Å². The molecular weight excluding hydrogens is 248 g/mol. The van der Waals surface area contributed by atoms with Crippen LogP contribution in [-0.4, -0.2) is 36.4 Å². The molecule has 0 aliphatic carbocycles. The summed E-state index contributed by atoms with van der Waals surface area (Å²) < 4.78 is 15.8. The van der Waals surface area contributed by atoms with Crippen molar-refractivity contribution in [1.29, 1.82) is 0 Å². The maximum absolute atomic E-state index is 12.0. The summed E-state index contributed by atoms with van der Waals surface area (Å²) in [6.45, 7) is 7.03. The van der Waals surface area contributed by atoms with E-state index in [1.807, 2.05) is 0 Å². The SMILES string of the molecule is CC(C)OC(=O)C1=C(C(=O)OC(C)C)C2C=CC1O2. The smallest absolute Gasteiger partial charge is 0.337 e. The molecule has 0 saturated carbocycles. The van der Waals surface area contributed by atoms with E-state index >= 15 is 0 Å². The average Bonchev–Trinajstić information content (AvgIpc) is 2.85. The van der Waals surface area contributed by atoms with Gasteiger partial charge in [0.1, 0.15) is 12.2 Å². The van der Waals surface area contributed by atoms with E-state index < -0.39 is 24.1 Å². The van der Waals surface area contributed by atoms with E-state index in [2.05, 4.69) is 0 Å². The second kappa shape index (κ2) is 5.17. The molecule has 2 bridgehead atoms. The van der Waals surface area contributed by atoms with Crippen molar-refractivity contribution in [2.45, 2.75) is 52.1 Å². The standard InChI is InChI=1S/C14H18O5/c1-7(2)17-13(15)11-9-5-6-10(19-9)12(11)14(16)18-8(3)4/h5-10H,1-4H3. The Kier molecular flexibility index (Phi) is 3.75. The summed E-state index contributed by atoms with van der Waals surface area (Å²) >= 11 is 0. The zero-order chi connectivity index (χ0) is 14.2. The van der Waals surface area contributed by atoms with E-state index in [4.69, 9.17) is 14.2 Å². The molecule has 0 fully saturated rings. The van der Waals surface area contributed by atoms with Gasteiger partial charge in [0, 0.05) is 0 Å². The highest BCUT2D eigenvalue weighted by atomic mass is 16.6. The maximum Gasteiger partial charge on any atom is 0.337 e. The van der Waals surface area contributed by atoms with Crippen molar-refractivity contribution in [3.8, 4) is 0 Å². The molecule has 2 rings (SSSR count). The van der Waals surface area contributed by atoms with Gasteiger partial charge in [-0.2, -0.15) is 0 Å². The molecule has 0 saturated heterocycles. The van der Waals surface area contributed by atoms with E-state index in [0.717, 1.165) is 0 Å². The molecular formula is C14H18O5. The summed E-state index contributed by atoms with van der Waals surface area (Å²) in [4.78, 5) is 24.1. The van der Waals surface area contributed by atoms with Crippen LogP contribution >= 0.6 is 0 Å². The molecule has 104 valence electrons. The average molecular weight is 266 g/mol. The number of ether oxygens (including phenoxy) is 3. The van der Waals surface area contributed by atoms with Crippen LogP contribution in [0.2, 0.25) is 0 Å². The van der Waals surface area contributed by atoms with E-state index in [1.165, 1.54) is 0 Å². The first-order valence-electron chi connectivity index (χ1n) is 6.40. The van der Waals surface area contributed by atoms with Gasteiger partial charge in [0.05, 0.1) is 23.4 Å². The Hall–Kier alpha value is -1.62. The van der Waals surface area contributed by atoms with Gasteiger partial charge < -0.3 is 14.2 Å². The number of hydrogen-bond donors (Lipinski definition) is 0. The number of hydrogen-bond acceptors (Lipinski definition) is 5. The molecule has 2 atom stereocenters. The molecule has 5 heteroatoms. The normalized spacial score (nSPS) is 24.5. The van der Waals surface area contributed by atoms with Gasteiger partial charge in [-0.25, -0.2) is 9.59 Å². The fourth-order valence-corrected chi connectivity index (χ4v) is 2.09. The quantitative estimate of drug-likeness (QED) is 0.570. The summed E-state index contributed by atoms with van der Waals surface area (Å²) in [5.41, 5.74) is 0.540. The topological polar surface area (TPSA) is 61.8 Å². The van der Waals surface area contributed by atoms with E-state index in [-0.39, 0.29) is 23.4 Å². The van der Waals surface area contributed by atoms with Gasteiger partial charge in [-0.05, 0) is 27.7 Å². The summed E-state index contributed by atoms with van der Waals surface area (Å²) in [5.74, 6) is -1.02. The zero-order valence-electron chi connectivity index (χ0n) is 11.5. The van der Waals surface area contributed by atoms with Gasteiger partial charge in [-0.1, -0.05) is 12.2 Å². The lowest BCUT2D eigenvalue weighted by molar-refractivity contribution is -0.146. The van der Waals surface area contributed by atoms with Crippen LogP contribution in [0.15, 0.2) is 23.3 Å². The lowest BCUT2D eigenvalue weighted by Crippen LogP contribution is -2.25. The third-order valence-corrected chi connectivity index (χ3v) is 2.74.